The zero-order valence-corrected chi connectivity index (χ0v) is 15.5. The molecule has 3 rings (SSSR count). The number of halogens is 4. The van der Waals surface area contributed by atoms with Crippen LogP contribution in [0.1, 0.15) is 21.6 Å². The number of carbonyl (C=O) groups excluding carboxylic acids is 1. The Labute approximate surface area is 159 Å². The number of nitrogens with zero attached hydrogens (tertiary/aromatic N) is 2. The third-order valence-corrected chi connectivity index (χ3v) is 4.47. The number of para-hydroxylation sites is 1. The van der Waals surface area contributed by atoms with Gasteiger partial charge in [0.1, 0.15) is 5.82 Å². The third-order valence-electron chi connectivity index (χ3n) is 4.47. The lowest BCUT2D eigenvalue weighted by molar-refractivity contribution is -0.137. The molecule has 0 unspecified atom stereocenters. The van der Waals surface area contributed by atoms with Crippen molar-refractivity contribution in [2.24, 2.45) is 0 Å². The number of hydrogen-bond acceptors (Lipinski definition) is 1. The standard InChI is InChI=1S/C21H18F4N2O/c1-13-16(20(28)26(2)3)12-19(14-8-10-15(22)11-9-14)27(13)18-7-5-4-6-17(18)21(23,24)25/h4-12H,1-3H3. The minimum absolute atomic E-state index is 0.0929. The predicted molar refractivity (Wildman–Crippen MR) is 98.9 cm³/mol. The lowest BCUT2D eigenvalue weighted by Gasteiger charge is -2.18. The zero-order valence-electron chi connectivity index (χ0n) is 15.5. The first kappa shape index (κ1) is 19.7. The van der Waals surface area contributed by atoms with Crippen LogP contribution < -0.4 is 0 Å². The van der Waals surface area contributed by atoms with Crippen molar-refractivity contribution >= 4 is 5.91 Å². The van der Waals surface area contributed by atoms with E-state index in [9.17, 15) is 22.4 Å². The molecule has 7 heteroatoms. The first-order valence-electron chi connectivity index (χ1n) is 8.47. The summed E-state index contributed by atoms with van der Waals surface area (Å²) in [4.78, 5) is 13.9. The van der Waals surface area contributed by atoms with Crippen LogP contribution in [0.15, 0.2) is 54.6 Å². The van der Waals surface area contributed by atoms with E-state index < -0.39 is 17.6 Å². The number of rotatable bonds is 3. The van der Waals surface area contributed by atoms with Gasteiger partial charge in [-0.2, -0.15) is 13.2 Å². The monoisotopic (exact) mass is 390 g/mol. The van der Waals surface area contributed by atoms with E-state index in [1.165, 1.54) is 58.0 Å². The van der Waals surface area contributed by atoms with E-state index >= 15 is 0 Å². The van der Waals surface area contributed by atoms with E-state index in [-0.39, 0.29) is 17.2 Å². The number of benzene rings is 2. The molecule has 0 saturated heterocycles. The fourth-order valence-corrected chi connectivity index (χ4v) is 3.12. The predicted octanol–water partition coefficient (Wildman–Crippen LogP) is 5.31. The number of hydrogen-bond donors (Lipinski definition) is 0. The van der Waals surface area contributed by atoms with E-state index in [0.717, 1.165) is 6.07 Å². The topological polar surface area (TPSA) is 25.2 Å². The van der Waals surface area contributed by atoms with Crippen molar-refractivity contribution < 1.29 is 22.4 Å². The van der Waals surface area contributed by atoms with Crippen LogP contribution in [0.5, 0.6) is 0 Å². The SMILES string of the molecule is Cc1c(C(=O)N(C)C)cc(-c2ccc(F)cc2)n1-c1ccccc1C(F)(F)F. The average Bonchev–Trinajstić information content (AvgIpc) is 2.98. The van der Waals surface area contributed by atoms with Crippen molar-refractivity contribution in [3.63, 3.8) is 0 Å². The van der Waals surface area contributed by atoms with Crippen molar-refractivity contribution in [3.8, 4) is 16.9 Å². The van der Waals surface area contributed by atoms with Crippen molar-refractivity contribution in [2.75, 3.05) is 14.1 Å². The summed E-state index contributed by atoms with van der Waals surface area (Å²) < 4.78 is 55.6. The minimum Gasteiger partial charge on any atom is -0.345 e. The maximum absolute atomic E-state index is 13.6. The highest BCUT2D eigenvalue weighted by Crippen LogP contribution is 2.37. The third kappa shape index (κ3) is 3.52. The molecule has 1 amide bonds. The molecular formula is C21H18F4N2O. The summed E-state index contributed by atoms with van der Waals surface area (Å²) in [6.45, 7) is 1.59. The second kappa shape index (κ2) is 7.14. The van der Waals surface area contributed by atoms with Crippen molar-refractivity contribution in [2.45, 2.75) is 13.1 Å². The van der Waals surface area contributed by atoms with Crippen LogP contribution in [0.3, 0.4) is 0 Å². The molecule has 1 aromatic heterocycles. The van der Waals surface area contributed by atoms with Crippen molar-refractivity contribution in [1.29, 1.82) is 0 Å². The second-order valence-electron chi connectivity index (χ2n) is 6.59. The molecule has 0 spiro atoms. The van der Waals surface area contributed by atoms with Gasteiger partial charge in [-0.15, -0.1) is 0 Å². The van der Waals surface area contributed by atoms with Crippen LogP contribution in [-0.2, 0) is 6.18 Å². The lowest BCUT2D eigenvalue weighted by Crippen LogP contribution is -2.22. The van der Waals surface area contributed by atoms with Gasteiger partial charge in [0.2, 0.25) is 0 Å². The first-order valence-corrected chi connectivity index (χ1v) is 8.47. The van der Waals surface area contributed by atoms with Gasteiger partial charge in [-0.3, -0.25) is 4.79 Å². The Morgan fingerprint density at radius 1 is 1.00 bits per heavy atom. The average molecular weight is 390 g/mol. The Bertz CT molecular complexity index is 1020. The van der Waals surface area contributed by atoms with Gasteiger partial charge in [0.15, 0.2) is 0 Å². The van der Waals surface area contributed by atoms with Crippen LogP contribution in [0.2, 0.25) is 0 Å². The van der Waals surface area contributed by atoms with E-state index in [1.54, 1.807) is 21.0 Å². The van der Waals surface area contributed by atoms with Gasteiger partial charge >= 0.3 is 6.18 Å². The Morgan fingerprint density at radius 2 is 1.61 bits per heavy atom. The summed E-state index contributed by atoms with van der Waals surface area (Å²) in [6, 6.07) is 12.1. The summed E-state index contributed by atoms with van der Waals surface area (Å²) in [5.74, 6) is -0.789. The van der Waals surface area contributed by atoms with E-state index in [0.29, 0.717) is 17.0 Å². The molecule has 0 aliphatic heterocycles. The lowest BCUT2D eigenvalue weighted by atomic mass is 10.1. The fourth-order valence-electron chi connectivity index (χ4n) is 3.12. The van der Waals surface area contributed by atoms with E-state index in [1.807, 2.05) is 0 Å². The van der Waals surface area contributed by atoms with Crippen LogP contribution in [0.4, 0.5) is 17.6 Å². The zero-order chi connectivity index (χ0) is 20.6. The Kier molecular flexibility index (Phi) is 5.02. The molecule has 146 valence electrons. The van der Waals surface area contributed by atoms with Crippen molar-refractivity contribution in [1.82, 2.24) is 9.47 Å². The van der Waals surface area contributed by atoms with Gasteiger partial charge in [-0.1, -0.05) is 12.1 Å². The minimum atomic E-state index is -4.57. The molecule has 0 aliphatic carbocycles. The quantitative estimate of drug-likeness (QED) is 0.556. The van der Waals surface area contributed by atoms with Crippen LogP contribution in [0.25, 0.3) is 16.9 Å². The second-order valence-corrected chi connectivity index (χ2v) is 6.59. The highest BCUT2D eigenvalue weighted by atomic mass is 19.4. The number of aromatic nitrogens is 1. The molecule has 3 aromatic rings. The van der Waals surface area contributed by atoms with E-state index in [2.05, 4.69) is 0 Å². The summed E-state index contributed by atoms with van der Waals surface area (Å²) >= 11 is 0. The van der Waals surface area contributed by atoms with Gasteiger partial charge in [-0.25, -0.2) is 4.39 Å². The van der Waals surface area contributed by atoms with Crippen LogP contribution in [0, 0.1) is 12.7 Å². The molecule has 1 heterocycles. The molecule has 2 aromatic carbocycles. The first-order chi connectivity index (χ1) is 13.1. The smallest absolute Gasteiger partial charge is 0.345 e. The fraction of sp³-hybridized carbons (Fsp3) is 0.190. The Hall–Kier alpha value is -3.09. The normalized spacial score (nSPS) is 11.5. The number of carbonyl (C=O) groups is 1. The molecule has 0 bridgehead atoms. The largest absolute Gasteiger partial charge is 0.418 e. The van der Waals surface area contributed by atoms with Gasteiger partial charge < -0.3 is 9.47 Å². The molecule has 0 saturated carbocycles. The maximum Gasteiger partial charge on any atom is 0.418 e. The van der Waals surface area contributed by atoms with Gasteiger partial charge in [-0.05, 0) is 55.0 Å². The van der Waals surface area contributed by atoms with Crippen LogP contribution >= 0.6 is 0 Å². The molecule has 3 nitrogen and oxygen atoms in total. The molecular weight excluding hydrogens is 372 g/mol. The molecule has 0 atom stereocenters. The van der Waals surface area contributed by atoms with Crippen LogP contribution in [-0.4, -0.2) is 29.5 Å². The highest BCUT2D eigenvalue weighted by Gasteiger charge is 2.35. The number of alkyl halides is 3. The molecule has 0 aliphatic rings. The van der Waals surface area contributed by atoms with Gasteiger partial charge in [0.25, 0.3) is 5.91 Å². The molecule has 0 fully saturated rings. The van der Waals surface area contributed by atoms with Gasteiger partial charge in [0, 0.05) is 19.8 Å². The summed E-state index contributed by atoms with van der Waals surface area (Å²) in [5, 5.41) is 0. The van der Waals surface area contributed by atoms with Gasteiger partial charge in [0.05, 0.1) is 22.5 Å². The molecule has 28 heavy (non-hydrogen) atoms. The Morgan fingerprint density at radius 3 is 2.18 bits per heavy atom. The summed E-state index contributed by atoms with van der Waals surface area (Å²) in [5.41, 5.74) is 0.611. The number of amides is 1. The maximum atomic E-state index is 13.6. The molecule has 0 N–H and O–H groups in total. The van der Waals surface area contributed by atoms with Crippen molar-refractivity contribution in [3.05, 3.63) is 77.2 Å². The highest BCUT2D eigenvalue weighted by molar-refractivity contribution is 5.97. The summed E-state index contributed by atoms with van der Waals surface area (Å²) in [6.07, 6.45) is -4.57. The summed E-state index contributed by atoms with van der Waals surface area (Å²) in [7, 11) is 3.14. The van der Waals surface area contributed by atoms with E-state index in [4.69, 9.17) is 0 Å². The Balaban J connectivity index is 2.34. The molecule has 0 radical (unpaired) electrons.